The number of morpholine rings is 1. The maximum absolute atomic E-state index is 10.5. The minimum Gasteiger partial charge on any atom is -0.497 e. The summed E-state index contributed by atoms with van der Waals surface area (Å²) in [5.41, 5.74) is 0.901. The van der Waals surface area contributed by atoms with Gasteiger partial charge in [0.15, 0.2) is 0 Å². The molecule has 1 aromatic rings. The van der Waals surface area contributed by atoms with Crippen LogP contribution < -0.4 is 4.74 Å². The normalized spacial score (nSPS) is 25.4. The Morgan fingerprint density at radius 3 is 3.00 bits per heavy atom. The van der Waals surface area contributed by atoms with Gasteiger partial charge in [0.25, 0.3) is 0 Å². The molecule has 20 heavy (non-hydrogen) atoms. The van der Waals surface area contributed by atoms with E-state index in [2.05, 4.69) is 18.7 Å². The highest BCUT2D eigenvalue weighted by Crippen LogP contribution is 2.23. The zero-order valence-corrected chi connectivity index (χ0v) is 12.6. The number of nitrogens with zero attached hydrogens (tertiary/aromatic N) is 1. The number of hydrogen-bond donors (Lipinski definition) is 1. The predicted octanol–water partition coefficient (Wildman–Crippen LogP) is 2.23. The molecular formula is C16H25NO3. The van der Waals surface area contributed by atoms with Crippen molar-refractivity contribution in [1.29, 1.82) is 0 Å². The molecule has 0 aromatic heterocycles. The topological polar surface area (TPSA) is 41.9 Å². The molecule has 0 amide bonds. The standard InChI is InChI=1S/C16H25NO3/c1-4-14-11-20-12(2)9-17(14)10-16(18)13-6-5-7-15(8-13)19-3/h5-8,12,14,16,18H,4,9-11H2,1-3H3. The second-order valence-corrected chi connectivity index (χ2v) is 5.45. The summed E-state index contributed by atoms with van der Waals surface area (Å²) in [5.74, 6) is 0.781. The van der Waals surface area contributed by atoms with Gasteiger partial charge in [-0.3, -0.25) is 4.90 Å². The highest BCUT2D eigenvalue weighted by Gasteiger charge is 2.27. The molecule has 1 aliphatic heterocycles. The number of hydrogen-bond acceptors (Lipinski definition) is 4. The van der Waals surface area contributed by atoms with Crippen LogP contribution in [0.15, 0.2) is 24.3 Å². The molecule has 1 N–H and O–H groups in total. The largest absolute Gasteiger partial charge is 0.497 e. The zero-order valence-electron chi connectivity index (χ0n) is 12.6. The van der Waals surface area contributed by atoms with Crippen molar-refractivity contribution in [3.63, 3.8) is 0 Å². The van der Waals surface area contributed by atoms with Crippen molar-refractivity contribution in [2.45, 2.75) is 38.5 Å². The third kappa shape index (κ3) is 3.72. The average molecular weight is 279 g/mol. The van der Waals surface area contributed by atoms with Crippen molar-refractivity contribution in [2.24, 2.45) is 0 Å². The van der Waals surface area contributed by atoms with Gasteiger partial charge in [-0.1, -0.05) is 19.1 Å². The Morgan fingerprint density at radius 2 is 2.30 bits per heavy atom. The first-order valence-electron chi connectivity index (χ1n) is 7.31. The third-order valence-corrected chi connectivity index (χ3v) is 3.94. The molecule has 1 aliphatic rings. The molecule has 112 valence electrons. The number of rotatable bonds is 5. The lowest BCUT2D eigenvalue weighted by atomic mass is 10.1. The molecule has 0 aliphatic carbocycles. The summed E-state index contributed by atoms with van der Waals surface area (Å²) in [6.07, 6.45) is 0.775. The minimum atomic E-state index is -0.496. The number of aliphatic hydroxyl groups excluding tert-OH is 1. The first-order chi connectivity index (χ1) is 9.63. The third-order valence-electron chi connectivity index (χ3n) is 3.94. The number of β-amino-alcohol motifs (C(OH)–C–C–N with tert-alkyl or cyclic N) is 1. The van der Waals surface area contributed by atoms with Crippen LogP contribution in [0.1, 0.15) is 31.9 Å². The highest BCUT2D eigenvalue weighted by molar-refractivity contribution is 5.29. The van der Waals surface area contributed by atoms with Crippen molar-refractivity contribution < 1.29 is 14.6 Å². The van der Waals surface area contributed by atoms with Crippen molar-refractivity contribution in [2.75, 3.05) is 26.8 Å². The van der Waals surface area contributed by atoms with Crippen molar-refractivity contribution in [1.82, 2.24) is 4.90 Å². The van der Waals surface area contributed by atoms with Crippen LogP contribution in [-0.4, -0.2) is 49.0 Å². The minimum absolute atomic E-state index is 0.232. The lowest BCUT2D eigenvalue weighted by Gasteiger charge is -2.39. The van der Waals surface area contributed by atoms with Gasteiger partial charge in [0.1, 0.15) is 5.75 Å². The fourth-order valence-electron chi connectivity index (χ4n) is 2.69. The second kappa shape index (κ2) is 7.07. The van der Waals surface area contributed by atoms with Gasteiger partial charge in [-0.25, -0.2) is 0 Å². The maximum Gasteiger partial charge on any atom is 0.119 e. The molecule has 4 heteroatoms. The summed E-state index contributed by atoms with van der Waals surface area (Å²) >= 11 is 0. The van der Waals surface area contributed by atoms with E-state index in [0.717, 1.165) is 30.9 Å². The first kappa shape index (κ1) is 15.3. The predicted molar refractivity (Wildman–Crippen MR) is 79.0 cm³/mol. The monoisotopic (exact) mass is 279 g/mol. The average Bonchev–Trinajstić information content (AvgIpc) is 2.47. The van der Waals surface area contributed by atoms with E-state index in [1.54, 1.807) is 7.11 Å². The van der Waals surface area contributed by atoms with E-state index in [1.807, 2.05) is 24.3 Å². The second-order valence-electron chi connectivity index (χ2n) is 5.45. The Morgan fingerprint density at radius 1 is 1.50 bits per heavy atom. The Bertz CT molecular complexity index is 424. The fraction of sp³-hybridized carbons (Fsp3) is 0.625. The molecule has 3 unspecified atom stereocenters. The van der Waals surface area contributed by atoms with Crippen molar-refractivity contribution in [3.8, 4) is 5.75 Å². The van der Waals surface area contributed by atoms with E-state index in [9.17, 15) is 5.11 Å². The number of ether oxygens (including phenoxy) is 2. The van der Waals surface area contributed by atoms with Crippen LogP contribution in [0.5, 0.6) is 5.75 Å². The summed E-state index contributed by atoms with van der Waals surface area (Å²) in [5, 5.41) is 10.5. The van der Waals surface area contributed by atoms with Gasteiger partial charge in [-0.05, 0) is 31.0 Å². The molecular weight excluding hydrogens is 254 g/mol. The Labute approximate surface area is 121 Å². The molecule has 4 nitrogen and oxygen atoms in total. The van der Waals surface area contributed by atoms with E-state index in [-0.39, 0.29) is 6.10 Å². The first-order valence-corrected chi connectivity index (χ1v) is 7.31. The van der Waals surface area contributed by atoms with Gasteiger partial charge in [0.2, 0.25) is 0 Å². The van der Waals surface area contributed by atoms with Crippen LogP contribution in [0.3, 0.4) is 0 Å². The number of methoxy groups -OCH3 is 1. The van der Waals surface area contributed by atoms with Crippen LogP contribution in [0.2, 0.25) is 0 Å². The smallest absolute Gasteiger partial charge is 0.119 e. The van der Waals surface area contributed by atoms with Gasteiger partial charge in [0.05, 0.1) is 25.9 Å². The summed E-state index contributed by atoms with van der Waals surface area (Å²) in [4.78, 5) is 2.33. The maximum atomic E-state index is 10.5. The van der Waals surface area contributed by atoms with E-state index < -0.39 is 6.10 Å². The number of aliphatic hydroxyl groups is 1. The van der Waals surface area contributed by atoms with Gasteiger partial charge in [0, 0.05) is 19.1 Å². The summed E-state index contributed by atoms with van der Waals surface area (Å²) in [7, 11) is 1.64. The molecule has 0 bridgehead atoms. The quantitative estimate of drug-likeness (QED) is 0.897. The van der Waals surface area contributed by atoms with Crippen LogP contribution in [0.4, 0.5) is 0 Å². The van der Waals surface area contributed by atoms with Gasteiger partial charge >= 0.3 is 0 Å². The highest BCUT2D eigenvalue weighted by atomic mass is 16.5. The van der Waals surface area contributed by atoms with Gasteiger partial charge < -0.3 is 14.6 Å². The fourth-order valence-corrected chi connectivity index (χ4v) is 2.69. The van der Waals surface area contributed by atoms with Gasteiger partial charge in [-0.15, -0.1) is 0 Å². The summed E-state index contributed by atoms with van der Waals surface area (Å²) in [6, 6.07) is 8.04. The summed E-state index contributed by atoms with van der Waals surface area (Å²) < 4.78 is 10.9. The Kier molecular flexibility index (Phi) is 5.40. The van der Waals surface area contributed by atoms with Crippen molar-refractivity contribution >= 4 is 0 Å². The van der Waals surface area contributed by atoms with Gasteiger partial charge in [-0.2, -0.15) is 0 Å². The lowest BCUT2D eigenvalue weighted by Crippen LogP contribution is -2.49. The van der Waals surface area contributed by atoms with Crippen LogP contribution >= 0.6 is 0 Å². The van der Waals surface area contributed by atoms with Crippen molar-refractivity contribution in [3.05, 3.63) is 29.8 Å². The summed E-state index contributed by atoms with van der Waals surface area (Å²) in [6.45, 7) is 6.51. The molecule has 0 spiro atoms. The molecule has 3 atom stereocenters. The lowest BCUT2D eigenvalue weighted by molar-refractivity contribution is -0.0681. The molecule has 0 radical (unpaired) electrons. The molecule has 2 rings (SSSR count). The molecule has 1 fully saturated rings. The SMILES string of the molecule is CCC1COC(C)CN1CC(O)c1cccc(OC)c1. The molecule has 1 saturated heterocycles. The van der Waals surface area contributed by atoms with Crippen LogP contribution in [0.25, 0.3) is 0 Å². The van der Waals surface area contributed by atoms with E-state index in [0.29, 0.717) is 12.6 Å². The molecule has 0 saturated carbocycles. The molecule has 1 heterocycles. The molecule has 1 aromatic carbocycles. The van der Waals surface area contributed by atoms with E-state index in [4.69, 9.17) is 9.47 Å². The number of benzene rings is 1. The van der Waals surface area contributed by atoms with E-state index in [1.165, 1.54) is 0 Å². The Balaban J connectivity index is 2.03. The Hall–Kier alpha value is -1.10. The van der Waals surface area contributed by atoms with Crippen LogP contribution in [-0.2, 0) is 4.74 Å². The zero-order chi connectivity index (χ0) is 14.5. The van der Waals surface area contributed by atoms with Crippen LogP contribution in [0, 0.1) is 0 Å². The van der Waals surface area contributed by atoms with E-state index >= 15 is 0 Å².